The van der Waals surface area contributed by atoms with Gasteiger partial charge in [0, 0.05) is 12.5 Å². The number of aryl methyl sites for hydroxylation is 1. The molecule has 4 rings (SSSR count). The Morgan fingerprint density at radius 1 is 1.03 bits per heavy atom. The van der Waals surface area contributed by atoms with Crippen LogP contribution in [0.25, 0.3) is 11.1 Å². The SMILES string of the molecule is COc1c(O[C@@H]2OCC[C@H](O)[C@H]2O)cc2c(c1OC)-c1ccc(OC)c(=O)cc1[C@H](NC(C)=O)CC2. The summed E-state index contributed by atoms with van der Waals surface area (Å²) in [6.45, 7) is 1.66. The van der Waals surface area contributed by atoms with Crippen molar-refractivity contribution >= 4 is 5.91 Å². The number of amides is 1. The second-order valence-electron chi connectivity index (χ2n) is 8.75. The number of carbonyl (C=O) groups excluding carboxylic acids is 1. The first-order valence-electron chi connectivity index (χ1n) is 11.7. The van der Waals surface area contributed by atoms with Gasteiger partial charge in [-0.3, -0.25) is 9.59 Å². The van der Waals surface area contributed by atoms with Crippen LogP contribution >= 0.6 is 0 Å². The smallest absolute Gasteiger partial charge is 0.228 e. The van der Waals surface area contributed by atoms with E-state index < -0.39 is 24.5 Å². The number of aliphatic hydroxyl groups is 2. The van der Waals surface area contributed by atoms with Crippen molar-refractivity contribution in [3.8, 4) is 34.1 Å². The van der Waals surface area contributed by atoms with Crippen LogP contribution in [0.4, 0.5) is 0 Å². The highest BCUT2D eigenvalue weighted by atomic mass is 16.7. The number of hydrogen-bond acceptors (Lipinski definition) is 9. The van der Waals surface area contributed by atoms with Gasteiger partial charge in [-0.25, -0.2) is 0 Å². The molecule has 0 unspecified atom stereocenters. The lowest BCUT2D eigenvalue weighted by Gasteiger charge is -2.32. The molecule has 1 fully saturated rings. The summed E-state index contributed by atoms with van der Waals surface area (Å²) in [5.74, 6) is 0.834. The molecule has 0 aromatic heterocycles. The molecule has 1 aliphatic carbocycles. The first-order valence-corrected chi connectivity index (χ1v) is 11.7. The van der Waals surface area contributed by atoms with E-state index in [0.29, 0.717) is 41.7 Å². The molecule has 1 amide bonds. The second kappa shape index (κ2) is 10.7. The van der Waals surface area contributed by atoms with Gasteiger partial charge in [0.05, 0.1) is 40.1 Å². The van der Waals surface area contributed by atoms with Crippen molar-refractivity contribution in [2.75, 3.05) is 27.9 Å². The van der Waals surface area contributed by atoms with Crippen LogP contribution in [-0.4, -0.2) is 62.6 Å². The third-order valence-electron chi connectivity index (χ3n) is 6.49. The fourth-order valence-electron chi connectivity index (χ4n) is 4.78. The maximum absolute atomic E-state index is 12.8. The number of nitrogens with one attached hydrogen (secondary N) is 1. The molecule has 0 radical (unpaired) electrons. The summed E-state index contributed by atoms with van der Waals surface area (Å²) in [7, 11) is 4.38. The highest BCUT2D eigenvalue weighted by Gasteiger charge is 2.35. The van der Waals surface area contributed by atoms with Gasteiger partial charge in [0.2, 0.25) is 23.4 Å². The van der Waals surface area contributed by atoms with Crippen molar-refractivity contribution < 1.29 is 38.7 Å². The minimum atomic E-state index is -1.24. The van der Waals surface area contributed by atoms with Gasteiger partial charge in [0.25, 0.3) is 0 Å². The molecule has 4 atom stereocenters. The van der Waals surface area contributed by atoms with Gasteiger partial charge in [0.15, 0.2) is 17.2 Å². The molecule has 2 aliphatic rings. The zero-order valence-electron chi connectivity index (χ0n) is 20.7. The van der Waals surface area contributed by atoms with Gasteiger partial charge < -0.3 is 39.2 Å². The van der Waals surface area contributed by atoms with Crippen molar-refractivity contribution in [2.45, 2.75) is 50.7 Å². The van der Waals surface area contributed by atoms with Crippen LogP contribution < -0.4 is 29.7 Å². The van der Waals surface area contributed by atoms with Gasteiger partial charge in [-0.2, -0.15) is 0 Å². The van der Waals surface area contributed by atoms with Crippen LogP contribution in [0.3, 0.4) is 0 Å². The van der Waals surface area contributed by atoms with Crippen LogP contribution in [0.1, 0.15) is 36.9 Å². The summed E-state index contributed by atoms with van der Waals surface area (Å²) in [5, 5.41) is 23.4. The number of ether oxygens (including phenoxy) is 5. The Bertz CT molecular complexity index is 1200. The first-order chi connectivity index (χ1) is 17.3. The van der Waals surface area contributed by atoms with E-state index in [1.165, 1.54) is 34.3 Å². The number of rotatable bonds is 6. The summed E-state index contributed by atoms with van der Waals surface area (Å²) < 4.78 is 28.3. The standard InChI is InChI=1S/C26H31NO9/c1-13(28)27-17-7-5-14-11-21(36-26-23(31)18(29)9-10-35-26)24(33-3)25(34-4)22(14)15-6-8-20(32-2)19(30)12-16(15)17/h6,8,11-12,17-18,23,26,29,31H,5,7,9-10H2,1-4H3,(H,27,28)/t17-,18+,23-,26+/m1/s1. The molecule has 3 N–H and O–H groups in total. The largest absolute Gasteiger partial charge is 0.493 e. The molecule has 194 valence electrons. The Balaban J connectivity index is 1.92. The lowest BCUT2D eigenvalue weighted by molar-refractivity contribution is -0.207. The average molecular weight is 502 g/mol. The molecule has 0 bridgehead atoms. The van der Waals surface area contributed by atoms with Crippen molar-refractivity contribution in [3.63, 3.8) is 0 Å². The Morgan fingerprint density at radius 2 is 1.78 bits per heavy atom. The number of hydrogen-bond donors (Lipinski definition) is 3. The van der Waals surface area contributed by atoms with E-state index in [4.69, 9.17) is 23.7 Å². The molecule has 1 saturated heterocycles. The second-order valence-corrected chi connectivity index (χ2v) is 8.75. The number of benzene rings is 1. The third kappa shape index (κ3) is 4.84. The molecule has 1 aliphatic heterocycles. The minimum Gasteiger partial charge on any atom is -0.493 e. The third-order valence-corrected chi connectivity index (χ3v) is 6.49. The summed E-state index contributed by atoms with van der Waals surface area (Å²) in [5.41, 5.74) is 2.49. The topological polar surface area (TPSA) is 133 Å². The summed E-state index contributed by atoms with van der Waals surface area (Å²) in [6.07, 6.45) is -1.99. The summed E-state index contributed by atoms with van der Waals surface area (Å²) in [6, 6.07) is 6.17. The molecule has 1 heterocycles. The van der Waals surface area contributed by atoms with E-state index in [1.54, 1.807) is 18.2 Å². The van der Waals surface area contributed by atoms with Gasteiger partial charge in [0.1, 0.15) is 6.10 Å². The van der Waals surface area contributed by atoms with Crippen molar-refractivity contribution in [1.82, 2.24) is 5.32 Å². The lowest BCUT2D eigenvalue weighted by atomic mass is 9.95. The predicted octanol–water partition coefficient (Wildman–Crippen LogP) is 1.71. The minimum absolute atomic E-state index is 0.166. The molecule has 0 spiro atoms. The number of carbonyl (C=O) groups is 1. The monoisotopic (exact) mass is 501 g/mol. The van der Waals surface area contributed by atoms with Gasteiger partial charge in [-0.05, 0) is 54.2 Å². The van der Waals surface area contributed by atoms with Gasteiger partial charge in [-0.1, -0.05) is 6.07 Å². The van der Waals surface area contributed by atoms with E-state index in [2.05, 4.69) is 5.32 Å². The fourth-order valence-corrected chi connectivity index (χ4v) is 4.78. The Hall–Kier alpha value is -3.34. The molecule has 2 aromatic rings. The van der Waals surface area contributed by atoms with Crippen LogP contribution in [0.5, 0.6) is 23.0 Å². The van der Waals surface area contributed by atoms with Crippen molar-refractivity contribution in [3.05, 3.63) is 45.6 Å². The number of aliphatic hydroxyl groups excluding tert-OH is 2. The number of methoxy groups -OCH3 is 3. The van der Waals surface area contributed by atoms with E-state index in [0.717, 1.165) is 5.56 Å². The quantitative estimate of drug-likeness (QED) is 0.541. The maximum Gasteiger partial charge on any atom is 0.228 e. The fraction of sp³-hybridized carbons (Fsp3) is 0.462. The summed E-state index contributed by atoms with van der Waals surface area (Å²) >= 11 is 0. The van der Waals surface area contributed by atoms with E-state index in [1.807, 2.05) is 0 Å². The van der Waals surface area contributed by atoms with Crippen LogP contribution in [-0.2, 0) is 16.0 Å². The lowest BCUT2D eigenvalue weighted by Crippen LogP contribution is -2.47. The van der Waals surface area contributed by atoms with E-state index in [9.17, 15) is 19.8 Å². The normalized spacial score (nSPS) is 22.9. The predicted molar refractivity (Wildman–Crippen MR) is 130 cm³/mol. The highest BCUT2D eigenvalue weighted by molar-refractivity contribution is 5.83. The number of fused-ring (bicyclic) bond motifs is 3. The Morgan fingerprint density at radius 3 is 2.44 bits per heavy atom. The maximum atomic E-state index is 12.8. The van der Waals surface area contributed by atoms with Crippen LogP contribution in [0, 0.1) is 0 Å². The molecule has 10 nitrogen and oxygen atoms in total. The Kier molecular flexibility index (Phi) is 7.67. The Labute approximate surface area is 208 Å². The summed E-state index contributed by atoms with van der Waals surface area (Å²) in [4.78, 5) is 24.8. The molecule has 2 aromatic carbocycles. The van der Waals surface area contributed by atoms with Crippen LogP contribution in [0.15, 0.2) is 29.1 Å². The molecule has 0 saturated carbocycles. The van der Waals surface area contributed by atoms with Crippen molar-refractivity contribution in [2.24, 2.45) is 0 Å². The van der Waals surface area contributed by atoms with Crippen LogP contribution in [0.2, 0.25) is 0 Å². The highest BCUT2D eigenvalue weighted by Crippen LogP contribution is 2.50. The van der Waals surface area contributed by atoms with Gasteiger partial charge in [-0.15, -0.1) is 0 Å². The first kappa shape index (κ1) is 25.7. The zero-order chi connectivity index (χ0) is 26.0. The molecular weight excluding hydrogens is 470 g/mol. The zero-order valence-corrected chi connectivity index (χ0v) is 20.7. The van der Waals surface area contributed by atoms with E-state index >= 15 is 0 Å². The van der Waals surface area contributed by atoms with Gasteiger partial charge >= 0.3 is 0 Å². The average Bonchev–Trinajstić information content (AvgIpc) is 3.09. The molecular formula is C26H31NO9. The molecule has 10 heteroatoms. The molecule has 36 heavy (non-hydrogen) atoms. The van der Waals surface area contributed by atoms with Crippen molar-refractivity contribution in [1.29, 1.82) is 0 Å². The van der Waals surface area contributed by atoms with E-state index in [-0.39, 0.29) is 35.2 Å².